The Kier molecular flexibility index (Phi) is 4.37. The van der Waals surface area contributed by atoms with Crippen molar-refractivity contribution in [3.63, 3.8) is 0 Å². The topological polar surface area (TPSA) is 32.3 Å². The molecule has 2 rings (SSSR count). The molecule has 0 aliphatic carbocycles. The van der Waals surface area contributed by atoms with Crippen LogP contribution in [-0.2, 0) is 11.2 Å². The predicted molar refractivity (Wildman–Crippen MR) is 73.4 cm³/mol. The van der Waals surface area contributed by atoms with Crippen molar-refractivity contribution in [3.8, 4) is 0 Å². The molecule has 1 saturated heterocycles. The molecule has 18 heavy (non-hydrogen) atoms. The van der Waals surface area contributed by atoms with E-state index >= 15 is 0 Å². The molecule has 0 radical (unpaired) electrons. The van der Waals surface area contributed by atoms with Gasteiger partial charge in [0.05, 0.1) is 5.92 Å². The van der Waals surface area contributed by atoms with Gasteiger partial charge in [0, 0.05) is 19.6 Å². The zero-order valence-corrected chi connectivity index (χ0v) is 11.2. The summed E-state index contributed by atoms with van der Waals surface area (Å²) in [6, 6.07) is 10.6. The van der Waals surface area contributed by atoms with Crippen LogP contribution in [0.5, 0.6) is 0 Å². The molecule has 2 atom stereocenters. The summed E-state index contributed by atoms with van der Waals surface area (Å²) in [7, 11) is 1.91. The minimum atomic E-state index is 0.158. The molecule has 0 spiro atoms. The molecule has 1 aromatic carbocycles. The van der Waals surface area contributed by atoms with E-state index in [1.807, 2.05) is 30.1 Å². The molecular weight excluding hydrogens is 224 g/mol. The highest BCUT2D eigenvalue weighted by Crippen LogP contribution is 2.17. The first-order valence-corrected chi connectivity index (χ1v) is 6.71. The Morgan fingerprint density at radius 1 is 1.39 bits per heavy atom. The van der Waals surface area contributed by atoms with Crippen LogP contribution in [0, 0.1) is 5.92 Å². The van der Waals surface area contributed by atoms with Crippen LogP contribution in [0.1, 0.15) is 18.9 Å². The van der Waals surface area contributed by atoms with Gasteiger partial charge in [0.25, 0.3) is 0 Å². The monoisotopic (exact) mass is 246 g/mol. The molecule has 1 aromatic rings. The lowest BCUT2D eigenvalue weighted by Gasteiger charge is -2.23. The number of likely N-dealkylation sites (N-methyl/N-ethyl adjacent to an activating group) is 1. The predicted octanol–water partition coefficient (Wildman–Crippen LogP) is 1.69. The first-order valence-electron chi connectivity index (χ1n) is 6.71. The van der Waals surface area contributed by atoms with Crippen LogP contribution in [0.15, 0.2) is 30.3 Å². The van der Waals surface area contributed by atoms with Crippen LogP contribution in [0.25, 0.3) is 0 Å². The number of rotatable bonds is 4. The summed E-state index contributed by atoms with van der Waals surface area (Å²) >= 11 is 0. The van der Waals surface area contributed by atoms with Crippen molar-refractivity contribution in [2.75, 3.05) is 20.1 Å². The first-order chi connectivity index (χ1) is 8.68. The van der Waals surface area contributed by atoms with E-state index in [4.69, 9.17) is 0 Å². The largest absolute Gasteiger partial charge is 0.345 e. The van der Waals surface area contributed by atoms with Crippen LogP contribution in [0.4, 0.5) is 0 Å². The molecule has 0 saturated carbocycles. The molecule has 1 fully saturated rings. The lowest BCUT2D eigenvalue weighted by Crippen LogP contribution is -2.38. The van der Waals surface area contributed by atoms with E-state index in [2.05, 4.69) is 24.4 Å². The molecule has 2 unspecified atom stereocenters. The quantitative estimate of drug-likeness (QED) is 0.876. The van der Waals surface area contributed by atoms with Crippen LogP contribution in [0.2, 0.25) is 0 Å². The third-order valence-corrected chi connectivity index (χ3v) is 3.80. The number of amides is 1. The smallest absolute Gasteiger partial charge is 0.227 e. The van der Waals surface area contributed by atoms with Crippen molar-refractivity contribution in [2.24, 2.45) is 5.92 Å². The Bertz CT molecular complexity index is 391. The van der Waals surface area contributed by atoms with E-state index in [0.717, 1.165) is 25.9 Å². The zero-order valence-electron chi connectivity index (χ0n) is 11.2. The minimum Gasteiger partial charge on any atom is -0.345 e. The van der Waals surface area contributed by atoms with E-state index in [1.165, 1.54) is 5.56 Å². The lowest BCUT2D eigenvalue weighted by atomic mass is 10.0. The molecule has 3 nitrogen and oxygen atoms in total. The standard InChI is InChI=1S/C15H22N2O/c1-12-14(8-10-16-12)15(18)17(2)11-9-13-6-4-3-5-7-13/h3-7,12,14,16H,8-11H2,1-2H3. The summed E-state index contributed by atoms with van der Waals surface area (Å²) in [5.74, 6) is 0.439. The second kappa shape index (κ2) is 6.01. The van der Waals surface area contributed by atoms with Gasteiger partial charge in [-0.15, -0.1) is 0 Å². The number of carbonyl (C=O) groups is 1. The highest BCUT2D eigenvalue weighted by Gasteiger charge is 2.31. The second-order valence-corrected chi connectivity index (χ2v) is 5.13. The summed E-state index contributed by atoms with van der Waals surface area (Å²) in [5.41, 5.74) is 1.29. The molecule has 1 amide bonds. The van der Waals surface area contributed by atoms with Crippen molar-refractivity contribution in [3.05, 3.63) is 35.9 Å². The van der Waals surface area contributed by atoms with Crippen LogP contribution < -0.4 is 5.32 Å². The minimum absolute atomic E-state index is 0.158. The summed E-state index contributed by atoms with van der Waals surface area (Å²) in [6.45, 7) is 3.86. The number of nitrogens with zero attached hydrogens (tertiary/aromatic N) is 1. The normalized spacial score (nSPS) is 23.0. The molecular formula is C15H22N2O. The first kappa shape index (κ1) is 13.1. The number of hydrogen-bond acceptors (Lipinski definition) is 2. The van der Waals surface area contributed by atoms with E-state index in [0.29, 0.717) is 6.04 Å². The highest BCUT2D eigenvalue weighted by atomic mass is 16.2. The average Bonchev–Trinajstić information content (AvgIpc) is 2.82. The van der Waals surface area contributed by atoms with Crippen LogP contribution in [-0.4, -0.2) is 37.0 Å². The van der Waals surface area contributed by atoms with E-state index < -0.39 is 0 Å². The molecule has 0 aromatic heterocycles. The summed E-state index contributed by atoms with van der Waals surface area (Å²) in [4.78, 5) is 14.1. The Hall–Kier alpha value is -1.35. The van der Waals surface area contributed by atoms with Crippen molar-refractivity contribution < 1.29 is 4.79 Å². The lowest BCUT2D eigenvalue weighted by molar-refractivity contribution is -0.134. The maximum atomic E-state index is 12.3. The number of nitrogens with one attached hydrogen (secondary N) is 1. The van der Waals surface area contributed by atoms with Crippen molar-refractivity contribution in [1.82, 2.24) is 10.2 Å². The Balaban J connectivity index is 1.84. The van der Waals surface area contributed by atoms with Gasteiger partial charge >= 0.3 is 0 Å². The van der Waals surface area contributed by atoms with Crippen LogP contribution >= 0.6 is 0 Å². The van der Waals surface area contributed by atoms with Gasteiger partial charge in [-0.25, -0.2) is 0 Å². The molecule has 0 bridgehead atoms. The second-order valence-electron chi connectivity index (χ2n) is 5.13. The van der Waals surface area contributed by atoms with Crippen molar-refractivity contribution in [2.45, 2.75) is 25.8 Å². The van der Waals surface area contributed by atoms with E-state index in [9.17, 15) is 4.79 Å². The van der Waals surface area contributed by atoms with Crippen molar-refractivity contribution in [1.29, 1.82) is 0 Å². The third-order valence-electron chi connectivity index (χ3n) is 3.80. The molecule has 98 valence electrons. The Morgan fingerprint density at radius 3 is 2.72 bits per heavy atom. The fourth-order valence-electron chi connectivity index (χ4n) is 2.53. The Morgan fingerprint density at radius 2 is 2.11 bits per heavy atom. The van der Waals surface area contributed by atoms with E-state index in [1.54, 1.807) is 0 Å². The molecule has 1 heterocycles. The van der Waals surface area contributed by atoms with Gasteiger partial charge in [0.15, 0.2) is 0 Å². The SMILES string of the molecule is CC1NCCC1C(=O)N(C)CCc1ccccc1. The van der Waals surface area contributed by atoms with Crippen molar-refractivity contribution >= 4 is 5.91 Å². The summed E-state index contributed by atoms with van der Waals surface area (Å²) in [5, 5.41) is 3.33. The van der Waals surface area contributed by atoms with Gasteiger partial charge in [-0.1, -0.05) is 30.3 Å². The summed E-state index contributed by atoms with van der Waals surface area (Å²) in [6.07, 6.45) is 1.90. The van der Waals surface area contributed by atoms with Crippen LogP contribution in [0.3, 0.4) is 0 Å². The molecule has 1 aliphatic rings. The zero-order chi connectivity index (χ0) is 13.0. The number of benzene rings is 1. The number of carbonyl (C=O) groups excluding carboxylic acids is 1. The maximum absolute atomic E-state index is 12.3. The van der Waals surface area contributed by atoms with Gasteiger partial charge in [0.2, 0.25) is 5.91 Å². The summed E-state index contributed by atoms with van der Waals surface area (Å²) < 4.78 is 0. The molecule has 1 N–H and O–H groups in total. The fraction of sp³-hybridized carbons (Fsp3) is 0.533. The fourth-order valence-corrected chi connectivity index (χ4v) is 2.53. The van der Waals surface area contributed by atoms with Gasteiger partial charge in [-0.2, -0.15) is 0 Å². The van der Waals surface area contributed by atoms with Gasteiger partial charge in [-0.05, 0) is 31.9 Å². The molecule has 3 heteroatoms. The third kappa shape index (κ3) is 3.10. The maximum Gasteiger partial charge on any atom is 0.227 e. The molecule has 1 aliphatic heterocycles. The van der Waals surface area contributed by atoms with Gasteiger partial charge in [0.1, 0.15) is 0 Å². The highest BCUT2D eigenvalue weighted by molar-refractivity contribution is 5.79. The Labute approximate surface area is 109 Å². The van der Waals surface area contributed by atoms with E-state index in [-0.39, 0.29) is 11.8 Å². The average molecular weight is 246 g/mol. The number of hydrogen-bond donors (Lipinski definition) is 1. The van der Waals surface area contributed by atoms with Gasteiger partial charge in [-0.3, -0.25) is 4.79 Å². The van der Waals surface area contributed by atoms with Gasteiger partial charge < -0.3 is 10.2 Å².